The fraction of sp³-hybridized carbons (Fsp3) is 0.500. The van der Waals surface area contributed by atoms with Crippen LogP contribution >= 0.6 is 11.6 Å². The SMILES string of the molecule is CCNC(=NCCn1cnnc1CC)NC1CC1c1c(F)cccc1Cl. The third-order valence-electron chi connectivity index (χ3n) is 4.45. The molecule has 1 aliphatic rings. The van der Waals surface area contributed by atoms with Crippen molar-refractivity contribution in [2.75, 3.05) is 13.1 Å². The summed E-state index contributed by atoms with van der Waals surface area (Å²) in [6.45, 7) is 6.16. The first-order valence-electron chi connectivity index (χ1n) is 8.99. The van der Waals surface area contributed by atoms with Crippen LogP contribution in [0.15, 0.2) is 29.5 Å². The molecular weight excluding hydrogens is 355 g/mol. The summed E-state index contributed by atoms with van der Waals surface area (Å²) in [5.41, 5.74) is 0.597. The number of hydrogen-bond acceptors (Lipinski definition) is 3. The lowest BCUT2D eigenvalue weighted by molar-refractivity contribution is 0.607. The Labute approximate surface area is 157 Å². The second-order valence-electron chi connectivity index (χ2n) is 6.28. The largest absolute Gasteiger partial charge is 0.357 e. The van der Waals surface area contributed by atoms with Crippen molar-refractivity contribution >= 4 is 17.6 Å². The molecule has 1 saturated carbocycles. The van der Waals surface area contributed by atoms with Crippen molar-refractivity contribution in [1.82, 2.24) is 25.4 Å². The summed E-state index contributed by atoms with van der Waals surface area (Å²) in [6.07, 6.45) is 3.41. The molecule has 8 heteroatoms. The van der Waals surface area contributed by atoms with Crippen LogP contribution in [-0.2, 0) is 13.0 Å². The third kappa shape index (κ3) is 4.33. The molecule has 6 nitrogen and oxygen atoms in total. The maximum Gasteiger partial charge on any atom is 0.191 e. The number of nitrogens with one attached hydrogen (secondary N) is 2. The van der Waals surface area contributed by atoms with Gasteiger partial charge in [-0.3, -0.25) is 4.99 Å². The van der Waals surface area contributed by atoms with Gasteiger partial charge in [-0.15, -0.1) is 10.2 Å². The van der Waals surface area contributed by atoms with Gasteiger partial charge in [0.2, 0.25) is 0 Å². The number of aryl methyl sites for hydroxylation is 1. The number of halogens is 2. The highest BCUT2D eigenvalue weighted by Crippen LogP contribution is 2.44. The summed E-state index contributed by atoms with van der Waals surface area (Å²) in [5.74, 6) is 1.53. The minimum Gasteiger partial charge on any atom is -0.357 e. The summed E-state index contributed by atoms with van der Waals surface area (Å²) in [4.78, 5) is 4.61. The van der Waals surface area contributed by atoms with E-state index in [-0.39, 0.29) is 17.8 Å². The lowest BCUT2D eigenvalue weighted by Gasteiger charge is -2.12. The first-order chi connectivity index (χ1) is 12.6. The number of aliphatic imine (C=N–C) groups is 1. The number of hydrogen-bond donors (Lipinski definition) is 2. The highest BCUT2D eigenvalue weighted by atomic mass is 35.5. The Kier molecular flexibility index (Phi) is 6.08. The number of rotatable bonds is 7. The van der Waals surface area contributed by atoms with E-state index in [4.69, 9.17) is 11.6 Å². The van der Waals surface area contributed by atoms with E-state index < -0.39 is 0 Å². The Balaban J connectivity index is 1.59. The maximum absolute atomic E-state index is 14.1. The summed E-state index contributed by atoms with van der Waals surface area (Å²) in [7, 11) is 0. The van der Waals surface area contributed by atoms with Crippen LogP contribution in [0.2, 0.25) is 5.02 Å². The summed E-state index contributed by atoms with van der Waals surface area (Å²) < 4.78 is 16.1. The van der Waals surface area contributed by atoms with Gasteiger partial charge in [-0.05, 0) is 25.5 Å². The molecule has 2 unspecified atom stereocenters. The topological polar surface area (TPSA) is 67.1 Å². The molecule has 1 aliphatic carbocycles. The van der Waals surface area contributed by atoms with Crippen LogP contribution in [0.25, 0.3) is 0 Å². The second kappa shape index (κ2) is 8.49. The third-order valence-corrected chi connectivity index (χ3v) is 4.78. The Morgan fingerprint density at radius 1 is 1.42 bits per heavy atom. The summed E-state index contributed by atoms with van der Waals surface area (Å²) in [5, 5.41) is 15.1. The van der Waals surface area contributed by atoms with Crippen LogP contribution in [0.4, 0.5) is 4.39 Å². The van der Waals surface area contributed by atoms with Crippen molar-refractivity contribution in [3.05, 3.63) is 46.8 Å². The van der Waals surface area contributed by atoms with Gasteiger partial charge < -0.3 is 15.2 Å². The monoisotopic (exact) mass is 378 g/mol. The molecule has 1 aromatic heterocycles. The lowest BCUT2D eigenvalue weighted by Crippen LogP contribution is -2.39. The minimum atomic E-state index is -0.242. The minimum absolute atomic E-state index is 0.0806. The smallest absolute Gasteiger partial charge is 0.191 e. The number of guanidine groups is 1. The normalized spacial score (nSPS) is 19.5. The number of benzene rings is 1. The van der Waals surface area contributed by atoms with E-state index in [1.54, 1.807) is 18.5 Å². The van der Waals surface area contributed by atoms with Crippen LogP contribution < -0.4 is 10.6 Å². The predicted molar refractivity (Wildman–Crippen MR) is 101 cm³/mol. The van der Waals surface area contributed by atoms with Crippen LogP contribution in [0, 0.1) is 5.82 Å². The van der Waals surface area contributed by atoms with E-state index in [9.17, 15) is 4.39 Å². The van der Waals surface area contributed by atoms with Gasteiger partial charge in [0.1, 0.15) is 18.0 Å². The summed E-state index contributed by atoms with van der Waals surface area (Å²) in [6, 6.07) is 4.97. The van der Waals surface area contributed by atoms with Crippen LogP contribution in [0.5, 0.6) is 0 Å². The zero-order valence-corrected chi connectivity index (χ0v) is 15.8. The van der Waals surface area contributed by atoms with Gasteiger partial charge in [-0.25, -0.2) is 4.39 Å². The van der Waals surface area contributed by atoms with E-state index in [0.717, 1.165) is 37.7 Å². The molecule has 0 aliphatic heterocycles. The molecule has 2 atom stereocenters. The zero-order valence-electron chi connectivity index (χ0n) is 15.0. The zero-order chi connectivity index (χ0) is 18.5. The lowest BCUT2D eigenvalue weighted by atomic mass is 10.1. The van der Waals surface area contributed by atoms with Crippen molar-refractivity contribution in [3.63, 3.8) is 0 Å². The average molecular weight is 379 g/mol. The average Bonchev–Trinajstić information content (AvgIpc) is 3.19. The fourth-order valence-electron chi connectivity index (χ4n) is 3.04. The molecule has 2 aromatic rings. The first kappa shape index (κ1) is 18.6. The fourth-order valence-corrected chi connectivity index (χ4v) is 3.35. The van der Waals surface area contributed by atoms with E-state index in [1.165, 1.54) is 6.07 Å². The molecule has 0 amide bonds. The highest BCUT2D eigenvalue weighted by molar-refractivity contribution is 6.31. The van der Waals surface area contributed by atoms with Gasteiger partial charge >= 0.3 is 0 Å². The molecule has 0 spiro atoms. The molecule has 140 valence electrons. The standard InChI is InChI=1S/C18H24ClFN6/c1-3-16-25-23-11-26(16)9-8-22-18(21-4-2)24-15-10-12(15)17-13(19)6-5-7-14(17)20/h5-7,11-12,15H,3-4,8-10H2,1-2H3,(H2,21,22,24). The molecule has 1 fully saturated rings. The van der Waals surface area contributed by atoms with E-state index in [2.05, 4.69) is 32.7 Å². The molecule has 26 heavy (non-hydrogen) atoms. The van der Waals surface area contributed by atoms with Gasteiger partial charge in [0, 0.05) is 42.1 Å². The molecule has 3 rings (SSSR count). The van der Waals surface area contributed by atoms with Crippen LogP contribution in [0.1, 0.15) is 37.6 Å². The molecule has 1 aromatic carbocycles. The van der Waals surface area contributed by atoms with Gasteiger partial charge in [0.15, 0.2) is 5.96 Å². The van der Waals surface area contributed by atoms with Crippen molar-refractivity contribution in [3.8, 4) is 0 Å². The molecule has 0 saturated heterocycles. The van der Waals surface area contributed by atoms with E-state index in [0.29, 0.717) is 17.1 Å². The number of nitrogens with zero attached hydrogens (tertiary/aromatic N) is 4. The van der Waals surface area contributed by atoms with Gasteiger partial charge in [0.05, 0.1) is 6.54 Å². The Morgan fingerprint density at radius 3 is 3.00 bits per heavy atom. The van der Waals surface area contributed by atoms with Gasteiger partial charge in [-0.1, -0.05) is 24.6 Å². The Morgan fingerprint density at radius 2 is 2.27 bits per heavy atom. The summed E-state index contributed by atoms with van der Waals surface area (Å²) >= 11 is 6.17. The van der Waals surface area contributed by atoms with Crippen molar-refractivity contribution in [1.29, 1.82) is 0 Å². The van der Waals surface area contributed by atoms with Crippen molar-refractivity contribution in [2.45, 2.75) is 45.2 Å². The second-order valence-corrected chi connectivity index (χ2v) is 6.69. The molecule has 1 heterocycles. The maximum atomic E-state index is 14.1. The van der Waals surface area contributed by atoms with Crippen LogP contribution in [0.3, 0.4) is 0 Å². The quantitative estimate of drug-likeness (QED) is 0.574. The Bertz CT molecular complexity index is 755. The van der Waals surface area contributed by atoms with E-state index in [1.807, 2.05) is 11.5 Å². The highest BCUT2D eigenvalue weighted by Gasteiger charge is 2.41. The molecule has 0 radical (unpaired) electrons. The van der Waals surface area contributed by atoms with Crippen LogP contribution in [-0.4, -0.2) is 39.9 Å². The predicted octanol–water partition coefficient (Wildman–Crippen LogP) is 2.74. The van der Waals surface area contributed by atoms with Gasteiger partial charge in [0.25, 0.3) is 0 Å². The first-order valence-corrected chi connectivity index (χ1v) is 9.37. The van der Waals surface area contributed by atoms with Gasteiger partial charge in [-0.2, -0.15) is 0 Å². The Hall–Kier alpha value is -2.15. The van der Waals surface area contributed by atoms with E-state index >= 15 is 0 Å². The van der Waals surface area contributed by atoms with Crippen molar-refractivity contribution < 1.29 is 4.39 Å². The molecule has 0 bridgehead atoms. The molecular formula is C18H24ClFN6. The molecule has 2 N–H and O–H groups in total. The number of aromatic nitrogens is 3. The van der Waals surface area contributed by atoms with Crippen molar-refractivity contribution in [2.24, 2.45) is 4.99 Å².